The van der Waals surface area contributed by atoms with Gasteiger partial charge in [0.25, 0.3) is 5.91 Å². The van der Waals surface area contributed by atoms with E-state index >= 15 is 0 Å². The van der Waals surface area contributed by atoms with Gasteiger partial charge in [0.05, 0.1) is 5.39 Å². The van der Waals surface area contributed by atoms with Crippen LogP contribution in [0.5, 0.6) is 5.75 Å². The molecule has 6 nitrogen and oxygen atoms in total. The fourth-order valence-corrected chi connectivity index (χ4v) is 2.92. The van der Waals surface area contributed by atoms with E-state index in [-0.39, 0.29) is 11.5 Å². The number of benzene rings is 1. The lowest BCUT2D eigenvalue weighted by Crippen LogP contribution is -2.36. The van der Waals surface area contributed by atoms with Crippen molar-refractivity contribution in [2.24, 2.45) is 0 Å². The van der Waals surface area contributed by atoms with Gasteiger partial charge in [0.2, 0.25) is 0 Å². The molecule has 1 aromatic carbocycles. The van der Waals surface area contributed by atoms with E-state index in [0.717, 1.165) is 22.1 Å². The van der Waals surface area contributed by atoms with Crippen LogP contribution >= 0.6 is 0 Å². The summed E-state index contributed by atoms with van der Waals surface area (Å²) in [6.45, 7) is 5.95. The summed E-state index contributed by atoms with van der Waals surface area (Å²) in [5, 5.41) is 3.59. The van der Waals surface area contributed by atoms with Gasteiger partial charge in [-0.2, -0.15) is 0 Å². The maximum absolute atomic E-state index is 12.4. The molecule has 1 amide bonds. The summed E-state index contributed by atoms with van der Waals surface area (Å²) in [6, 6.07) is 8.81. The monoisotopic (exact) mass is 366 g/mol. The quantitative estimate of drug-likeness (QED) is 0.678. The molecule has 1 N–H and O–H groups in total. The van der Waals surface area contributed by atoms with E-state index < -0.39 is 6.10 Å². The molecule has 0 fully saturated rings. The Morgan fingerprint density at radius 2 is 2.00 bits per heavy atom. The van der Waals surface area contributed by atoms with Crippen LogP contribution in [0.2, 0.25) is 0 Å². The third-order valence-electron chi connectivity index (χ3n) is 4.30. The van der Waals surface area contributed by atoms with Crippen LogP contribution in [0, 0.1) is 6.92 Å². The van der Waals surface area contributed by atoms with Gasteiger partial charge in [0.1, 0.15) is 11.3 Å². The molecule has 1 atom stereocenters. The zero-order chi connectivity index (χ0) is 19.4. The van der Waals surface area contributed by atoms with Crippen LogP contribution in [0.15, 0.2) is 51.9 Å². The van der Waals surface area contributed by atoms with Crippen LogP contribution in [0.4, 0.5) is 0 Å². The minimum atomic E-state index is -0.700. The average molecular weight is 366 g/mol. The Bertz CT molecular complexity index is 1010. The summed E-state index contributed by atoms with van der Waals surface area (Å²) < 4.78 is 11.3. The van der Waals surface area contributed by atoms with Gasteiger partial charge in [0.15, 0.2) is 6.10 Å². The topological polar surface area (TPSA) is 81.4 Å². The van der Waals surface area contributed by atoms with Crippen LogP contribution in [-0.4, -0.2) is 17.0 Å². The van der Waals surface area contributed by atoms with Gasteiger partial charge in [-0.1, -0.05) is 6.92 Å². The molecule has 3 aromatic rings. The number of hydrogen-bond acceptors (Lipinski definition) is 5. The summed E-state index contributed by atoms with van der Waals surface area (Å²) in [7, 11) is 0. The number of aryl methyl sites for hydroxylation is 2. The zero-order valence-electron chi connectivity index (χ0n) is 15.6. The summed E-state index contributed by atoms with van der Waals surface area (Å²) in [5.74, 6) is 0.314. The van der Waals surface area contributed by atoms with Gasteiger partial charge in [-0.05, 0) is 61.2 Å². The van der Waals surface area contributed by atoms with Gasteiger partial charge < -0.3 is 14.5 Å². The molecule has 0 bridgehead atoms. The molecule has 0 unspecified atom stereocenters. The number of rotatable bonds is 6. The first kappa shape index (κ1) is 18.6. The van der Waals surface area contributed by atoms with Crippen molar-refractivity contribution in [3.63, 3.8) is 0 Å². The van der Waals surface area contributed by atoms with E-state index in [0.29, 0.717) is 24.3 Å². The Morgan fingerprint density at radius 1 is 1.26 bits per heavy atom. The number of hydrogen-bond donors (Lipinski definition) is 1. The van der Waals surface area contributed by atoms with Crippen molar-refractivity contribution in [1.29, 1.82) is 0 Å². The first-order chi connectivity index (χ1) is 13.0. The first-order valence-electron chi connectivity index (χ1n) is 8.88. The van der Waals surface area contributed by atoms with E-state index in [4.69, 9.17) is 9.15 Å². The normalized spacial score (nSPS) is 12.0. The Morgan fingerprint density at radius 3 is 2.70 bits per heavy atom. The fraction of sp³-hybridized carbons (Fsp3) is 0.286. The summed E-state index contributed by atoms with van der Waals surface area (Å²) >= 11 is 0. The first-order valence-corrected chi connectivity index (χ1v) is 8.88. The second-order valence-electron chi connectivity index (χ2n) is 6.41. The predicted octanol–water partition coefficient (Wildman–Crippen LogP) is 3.14. The van der Waals surface area contributed by atoms with E-state index in [1.165, 1.54) is 6.07 Å². The van der Waals surface area contributed by atoms with Crippen LogP contribution in [0.25, 0.3) is 11.0 Å². The fourth-order valence-electron chi connectivity index (χ4n) is 2.92. The number of carbonyl (C=O) groups excluding carboxylic acids is 1. The standard InChI is InChI=1S/C21H22N2O4/c1-4-16-11-19(24)27-18-10-13(2)9-17(20(16)18)26-14(3)21(25)23-12-15-5-7-22-8-6-15/h5-11,14H,4,12H2,1-3H3,(H,23,25)/t14-/m1/s1. The number of aromatic nitrogens is 1. The van der Waals surface area contributed by atoms with Gasteiger partial charge in [-0.25, -0.2) is 4.79 Å². The number of amides is 1. The van der Waals surface area contributed by atoms with Crippen LogP contribution in [-0.2, 0) is 17.8 Å². The highest BCUT2D eigenvalue weighted by Crippen LogP contribution is 2.31. The highest BCUT2D eigenvalue weighted by molar-refractivity contribution is 5.88. The number of nitrogens with zero attached hydrogens (tertiary/aromatic N) is 1. The van der Waals surface area contributed by atoms with Crippen LogP contribution < -0.4 is 15.7 Å². The Balaban J connectivity index is 1.82. The number of nitrogens with one attached hydrogen (secondary N) is 1. The summed E-state index contributed by atoms with van der Waals surface area (Å²) in [6.07, 6.45) is 3.32. The molecule has 0 aliphatic rings. The lowest BCUT2D eigenvalue weighted by Gasteiger charge is -2.17. The Labute approximate surface area is 157 Å². The molecule has 0 radical (unpaired) electrons. The maximum Gasteiger partial charge on any atom is 0.336 e. The second kappa shape index (κ2) is 8.03. The van der Waals surface area contributed by atoms with Crippen molar-refractivity contribution in [2.45, 2.75) is 39.8 Å². The largest absolute Gasteiger partial charge is 0.480 e. The molecule has 0 spiro atoms. The van der Waals surface area contributed by atoms with Crippen molar-refractivity contribution >= 4 is 16.9 Å². The maximum atomic E-state index is 12.4. The molecule has 0 saturated carbocycles. The molecule has 2 heterocycles. The lowest BCUT2D eigenvalue weighted by atomic mass is 10.0. The highest BCUT2D eigenvalue weighted by Gasteiger charge is 2.18. The molecule has 27 heavy (non-hydrogen) atoms. The minimum Gasteiger partial charge on any atom is -0.480 e. The lowest BCUT2D eigenvalue weighted by molar-refractivity contribution is -0.127. The van der Waals surface area contributed by atoms with Crippen molar-refractivity contribution in [2.75, 3.05) is 0 Å². The van der Waals surface area contributed by atoms with Crippen LogP contribution in [0.3, 0.4) is 0 Å². The van der Waals surface area contributed by atoms with E-state index in [1.54, 1.807) is 25.4 Å². The number of fused-ring (bicyclic) bond motifs is 1. The Hall–Kier alpha value is -3.15. The van der Waals surface area contributed by atoms with Crippen molar-refractivity contribution in [1.82, 2.24) is 10.3 Å². The molecule has 140 valence electrons. The predicted molar refractivity (Wildman–Crippen MR) is 103 cm³/mol. The van der Waals surface area contributed by atoms with Crippen molar-refractivity contribution in [3.8, 4) is 5.75 Å². The number of pyridine rings is 1. The van der Waals surface area contributed by atoms with Crippen molar-refractivity contribution in [3.05, 3.63) is 69.8 Å². The van der Waals surface area contributed by atoms with Gasteiger partial charge in [-0.3, -0.25) is 9.78 Å². The SMILES string of the molecule is CCc1cc(=O)oc2cc(C)cc(O[C@H](C)C(=O)NCc3ccncc3)c12. The molecular formula is C21H22N2O4. The molecule has 6 heteroatoms. The Kier molecular flexibility index (Phi) is 5.54. The highest BCUT2D eigenvalue weighted by atomic mass is 16.5. The molecule has 0 aliphatic heterocycles. The molecule has 3 rings (SSSR count). The number of carbonyl (C=O) groups is 1. The van der Waals surface area contributed by atoms with E-state index in [1.807, 2.05) is 32.0 Å². The van der Waals surface area contributed by atoms with Gasteiger partial charge in [-0.15, -0.1) is 0 Å². The van der Waals surface area contributed by atoms with Crippen molar-refractivity contribution < 1.29 is 13.9 Å². The smallest absolute Gasteiger partial charge is 0.336 e. The second-order valence-corrected chi connectivity index (χ2v) is 6.41. The summed E-state index contributed by atoms with van der Waals surface area (Å²) in [5.41, 5.74) is 2.76. The van der Waals surface area contributed by atoms with E-state index in [2.05, 4.69) is 10.3 Å². The minimum absolute atomic E-state index is 0.225. The van der Waals surface area contributed by atoms with Gasteiger partial charge >= 0.3 is 5.63 Å². The summed E-state index contributed by atoms with van der Waals surface area (Å²) in [4.78, 5) is 28.1. The molecule has 2 aromatic heterocycles. The number of ether oxygens (including phenoxy) is 1. The molecule has 0 saturated heterocycles. The molecular weight excluding hydrogens is 344 g/mol. The third kappa shape index (κ3) is 4.34. The van der Waals surface area contributed by atoms with Crippen LogP contribution in [0.1, 0.15) is 30.5 Å². The van der Waals surface area contributed by atoms with E-state index in [9.17, 15) is 9.59 Å². The molecule has 0 aliphatic carbocycles. The average Bonchev–Trinajstić information content (AvgIpc) is 2.65. The third-order valence-corrected chi connectivity index (χ3v) is 4.30. The van der Waals surface area contributed by atoms with Gasteiger partial charge in [0, 0.05) is 25.0 Å². The zero-order valence-corrected chi connectivity index (χ0v) is 15.6.